The molecule has 2 aromatic rings. The van der Waals surface area contributed by atoms with Gasteiger partial charge < -0.3 is 5.43 Å². The average Bonchev–Trinajstić information content (AvgIpc) is 2.32. The zero-order valence-electron chi connectivity index (χ0n) is 8.22. The Balaban J connectivity index is 2.16. The maximum absolute atomic E-state index is 5.29. The van der Waals surface area contributed by atoms with E-state index >= 15 is 0 Å². The summed E-state index contributed by atoms with van der Waals surface area (Å²) in [7, 11) is 0. The molecule has 0 aromatic carbocycles. The Labute approximate surface area is 106 Å². The van der Waals surface area contributed by atoms with Crippen LogP contribution in [0.4, 0.5) is 5.82 Å². The van der Waals surface area contributed by atoms with Gasteiger partial charge in [-0.05, 0) is 40.2 Å². The number of hydrogen-bond donors (Lipinski definition) is 2. The van der Waals surface area contributed by atoms with Crippen molar-refractivity contribution in [2.45, 2.75) is 9.92 Å². The minimum Gasteiger partial charge on any atom is -0.308 e. The van der Waals surface area contributed by atoms with Crippen LogP contribution in [0.2, 0.25) is 0 Å². The smallest absolute Gasteiger partial charge is 0.140 e. The predicted molar refractivity (Wildman–Crippen MR) is 68.1 cm³/mol. The molecule has 0 spiro atoms. The Bertz CT molecular complexity index is 475. The Hall–Kier alpha value is -1.11. The number of hydrazine groups is 1. The molecule has 0 saturated carbocycles. The first-order valence-electron chi connectivity index (χ1n) is 4.50. The van der Waals surface area contributed by atoms with Crippen molar-refractivity contribution in [3.05, 3.63) is 41.1 Å². The van der Waals surface area contributed by atoms with Gasteiger partial charge in [0.15, 0.2) is 0 Å². The zero-order chi connectivity index (χ0) is 11.4. The van der Waals surface area contributed by atoms with Crippen molar-refractivity contribution in [1.82, 2.24) is 9.97 Å². The van der Waals surface area contributed by atoms with E-state index in [1.807, 2.05) is 24.3 Å². The average molecular weight is 297 g/mol. The highest BCUT2D eigenvalue weighted by atomic mass is 79.9. The van der Waals surface area contributed by atoms with E-state index in [0.29, 0.717) is 5.82 Å². The van der Waals surface area contributed by atoms with Crippen LogP contribution in [-0.4, -0.2) is 9.97 Å². The van der Waals surface area contributed by atoms with Crippen molar-refractivity contribution in [3.8, 4) is 0 Å². The molecule has 0 aliphatic rings. The summed E-state index contributed by atoms with van der Waals surface area (Å²) in [5, 5.41) is 0.928. The number of anilines is 1. The summed E-state index contributed by atoms with van der Waals surface area (Å²) in [5.74, 6) is 5.93. The van der Waals surface area contributed by atoms with Crippen LogP contribution >= 0.6 is 27.7 Å². The molecule has 0 unspecified atom stereocenters. The fourth-order valence-electron chi connectivity index (χ4n) is 1.10. The van der Waals surface area contributed by atoms with Crippen LogP contribution in [-0.2, 0) is 0 Å². The molecule has 0 atom stereocenters. The number of pyridine rings is 2. The number of nitrogens with two attached hydrogens (primary N) is 1. The predicted octanol–water partition coefficient (Wildman–Crippen LogP) is 2.68. The quantitative estimate of drug-likeness (QED) is 0.673. The maximum atomic E-state index is 5.29. The molecule has 3 N–H and O–H groups in total. The first-order valence-corrected chi connectivity index (χ1v) is 6.11. The topological polar surface area (TPSA) is 63.8 Å². The van der Waals surface area contributed by atoms with Gasteiger partial charge in [-0.3, -0.25) is 0 Å². The molecule has 0 aliphatic carbocycles. The number of hydrogen-bond acceptors (Lipinski definition) is 5. The van der Waals surface area contributed by atoms with Gasteiger partial charge in [-0.15, -0.1) is 0 Å². The maximum Gasteiger partial charge on any atom is 0.140 e. The lowest BCUT2D eigenvalue weighted by atomic mass is 10.5. The van der Waals surface area contributed by atoms with Gasteiger partial charge in [0, 0.05) is 21.8 Å². The first kappa shape index (κ1) is 11.4. The molecule has 6 heteroatoms. The van der Waals surface area contributed by atoms with Gasteiger partial charge in [0.1, 0.15) is 10.8 Å². The van der Waals surface area contributed by atoms with E-state index in [2.05, 4.69) is 31.3 Å². The fraction of sp³-hybridized carbons (Fsp3) is 0. The Kier molecular flexibility index (Phi) is 3.76. The third-order valence-corrected chi connectivity index (χ3v) is 3.21. The minimum absolute atomic E-state index is 0.641. The third kappa shape index (κ3) is 2.94. The van der Waals surface area contributed by atoms with Crippen LogP contribution < -0.4 is 11.3 Å². The molecule has 16 heavy (non-hydrogen) atoms. The Morgan fingerprint density at radius 2 is 2.12 bits per heavy atom. The summed E-state index contributed by atoms with van der Waals surface area (Å²) < 4.78 is 0.968. The molecule has 0 aliphatic heterocycles. The molecule has 2 aromatic heterocycles. The van der Waals surface area contributed by atoms with Crippen LogP contribution in [0.15, 0.2) is 51.1 Å². The molecule has 0 fully saturated rings. The number of halogens is 1. The number of aromatic nitrogens is 2. The summed E-state index contributed by atoms with van der Waals surface area (Å²) in [6.07, 6.45) is 3.47. The normalized spacial score (nSPS) is 10.1. The van der Waals surface area contributed by atoms with E-state index in [1.54, 1.807) is 24.2 Å². The van der Waals surface area contributed by atoms with Gasteiger partial charge in [-0.2, -0.15) is 0 Å². The van der Waals surface area contributed by atoms with E-state index in [0.717, 1.165) is 14.4 Å². The van der Waals surface area contributed by atoms with E-state index in [9.17, 15) is 0 Å². The van der Waals surface area contributed by atoms with Crippen LogP contribution in [0.5, 0.6) is 0 Å². The lowest BCUT2D eigenvalue weighted by Crippen LogP contribution is -2.07. The highest BCUT2D eigenvalue weighted by Crippen LogP contribution is 2.27. The second-order valence-electron chi connectivity index (χ2n) is 2.94. The van der Waals surface area contributed by atoms with Gasteiger partial charge in [0.05, 0.1) is 0 Å². The van der Waals surface area contributed by atoms with Gasteiger partial charge in [-0.25, -0.2) is 15.8 Å². The first-order chi connectivity index (χ1) is 7.78. The second-order valence-corrected chi connectivity index (χ2v) is 4.95. The number of rotatable bonds is 3. The van der Waals surface area contributed by atoms with Crippen molar-refractivity contribution in [2.24, 2.45) is 5.84 Å². The van der Waals surface area contributed by atoms with Crippen LogP contribution in [0.3, 0.4) is 0 Å². The lowest BCUT2D eigenvalue weighted by molar-refractivity contribution is 1.12. The van der Waals surface area contributed by atoms with Gasteiger partial charge in [-0.1, -0.05) is 11.8 Å². The molecule has 0 saturated heterocycles. The molecular weight excluding hydrogens is 288 g/mol. The number of nitrogens with zero attached hydrogens (tertiary/aromatic N) is 2. The van der Waals surface area contributed by atoms with E-state index in [4.69, 9.17) is 5.84 Å². The molecule has 0 radical (unpaired) electrons. The summed E-state index contributed by atoms with van der Waals surface area (Å²) >= 11 is 4.90. The Morgan fingerprint density at radius 3 is 2.81 bits per heavy atom. The van der Waals surface area contributed by atoms with E-state index < -0.39 is 0 Å². The lowest BCUT2D eigenvalue weighted by Gasteiger charge is -2.03. The van der Waals surface area contributed by atoms with Crippen molar-refractivity contribution < 1.29 is 0 Å². The highest BCUT2D eigenvalue weighted by Gasteiger charge is 2.00. The second kappa shape index (κ2) is 5.29. The SMILES string of the molecule is NNc1cc(Sc2ccc(Br)cn2)ccn1. The molecule has 0 bridgehead atoms. The molecule has 4 nitrogen and oxygen atoms in total. The fourth-order valence-corrected chi connectivity index (χ4v) is 2.11. The Morgan fingerprint density at radius 1 is 1.25 bits per heavy atom. The summed E-state index contributed by atoms with van der Waals surface area (Å²) in [6, 6.07) is 7.69. The molecule has 0 amide bonds. The summed E-state index contributed by atoms with van der Waals surface area (Å²) in [6.45, 7) is 0. The van der Waals surface area contributed by atoms with Gasteiger partial charge in [0.25, 0.3) is 0 Å². The van der Waals surface area contributed by atoms with Crippen molar-refractivity contribution >= 4 is 33.5 Å². The monoisotopic (exact) mass is 296 g/mol. The molecule has 2 rings (SSSR count). The van der Waals surface area contributed by atoms with Crippen molar-refractivity contribution in [2.75, 3.05) is 5.43 Å². The largest absolute Gasteiger partial charge is 0.308 e. The minimum atomic E-state index is 0.641. The van der Waals surface area contributed by atoms with Crippen LogP contribution in [0, 0.1) is 0 Å². The third-order valence-electron chi connectivity index (χ3n) is 1.80. The van der Waals surface area contributed by atoms with E-state index in [1.165, 1.54) is 0 Å². The van der Waals surface area contributed by atoms with Crippen LogP contribution in [0.25, 0.3) is 0 Å². The molecule has 2 heterocycles. The van der Waals surface area contributed by atoms with Crippen molar-refractivity contribution in [3.63, 3.8) is 0 Å². The van der Waals surface area contributed by atoms with Crippen molar-refractivity contribution in [1.29, 1.82) is 0 Å². The molecular formula is C10H9BrN4S. The summed E-state index contributed by atoms with van der Waals surface area (Å²) in [5.41, 5.74) is 2.51. The number of nitrogens with one attached hydrogen (secondary N) is 1. The zero-order valence-corrected chi connectivity index (χ0v) is 10.6. The van der Waals surface area contributed by atoms with Gasteiger partial charge >= 0.3 is 0 Å². The van der Waals surface area contributed by atoms with E-state index in [-0.39, 0.29) is 0 Å². The summed E-state index contributed by atoms with van der Waals surface area (Å²) in [4.78, 5) is 9.35. The standard InChI is InChI=1S/C10H9BrN4S/c11-7-1-2-10(14-6-7)16-8-3-4-13-9(5-8)15-12/h1-6H,12H2,(H,13,15). The highest BCUT2D eigenvalue weighted by molar-refractivity contribution is 9.10. The van der Waals surface area contributed by atoms with Crippen LogP contribution in [0.1, 0.15) is 0 Å². The molecule has 82 valence electrons. The number of nitrogen functional groups attached to an aromatic ring is 1. The van der Waals surface area contributed by atoms with Gasteiger partial charge in [0.2, 0.25) is 0 Å².